The molecule has 0 atom stereocenters. The molecule has 1 aromatic heterocycles. The molecule has 5 heteroatoms. The van der Waals surface area contributed by atoms with Crippen molar-refractivity contribution in [2.75, 3.05) is 12.3 Å². The fourth-order valence-corrected chi connectivity index (χ4v) is 1.92. The van der Waals surface area contributed by atoms with Gasteiger partial charge in [0.1, 0.15) is 0 Å². The molecule has 0 aliphatic rings. The van der Waals surface area contributed by atoms with Gasteiger partial charge in [-0.3, -0.25) is 4.79 Å². The summed E-state index contributed by atoms with van der Waals surface area (Å²) in [5.74, 6) is -0.135. The van der Waals surface area contributed by atoms with E-state index in [4.69, 9.17) is 5.73 Å². The summed E-state index contributed by atoms with van der Waals surface area (Å²) in [6, 6.07) is 9.09. The van der Waals surface area contributed by atoms with Crippen molar-refractivity contribution in [1.82, 2.24) is 15.1 Å². The number of carbonyl (C=O) groups is 1. The van der Waals surface area contributed by atoms with Crippen molar-refractivity contribution in [3.8, 4) is 5.69 Å². The number of benzene rings is 1. The number of nitrogens with one attached hydrogen (secondary N) is 1. The van der Waals surface area contributed by atoms with Crippen molar-refractivity contribution in [2.24, 2.45) is 0 Å². The summed E-state index contributed by atoms with van der Waals surface area (Å²) in [6.07, 6.45) is 5.02. The summed E-state index contributed by atoms with van der Waals surface area (Å²) in [6.45, 7) is 2.83. The molecule has 0 aliphatic heterocycles. The number of nitrogens with two attached hydrogens (primary N) is 1. The normalized spacial score (nSPS) is 10.4. The van der Waals surface area contributed by atoms with Gasteiger partial charge in [0.05, 0.1) is 5.69 Å². The van der Waals surface area contributed by atoms with Crippen LogP contribution in [-0.2, 0) is 0 Å². The quantitative estimate of drug-likeness (QED) is 0.626. The summed E-state index contributed by atoms with van der Waals surface area (Å²) in [5.41, 5.74) is 7.67. The second kappa shape index (κ2) is 6.75. The van der Waals surface area contributed by atoms with Crippen molar-refractivity contribution in [3.05, 3.63) is 42.2 Å². The van der Waals surface area contributed by atoms with Gasteiger partial charge >= 0.3 is 0 Å². The molecule has 2 aromatic rings. The molecule has 0 unspecified atom stereocenters. The molecular weight excluding hydrogens is 252 g/mol. The zero-order valence-electron chi connectivity index (χ0n) is 11.7. The Morgan fingerprint density at radius 1 is 1.35 bits per heavy atom. The Morgan fingerprint density at radius 3 is 2.95 bits per heavy atom. The van der Waals surface area contributed by atoms with Crippen LogP contribution in [0, 0.1) is 0 Å². The van der Waals surface area contributed by atoms with Crippen molar-refractivity contribution in [2.45, 2.75) is 26.2 Å². The van der Waals surface area contributed by atoms with Crippen LogP contribution in [0.25, 0.3) is 5.69 Å². The highest BCUT2D eigenvalue weighted by molar-refractivity contribution is 5.92. The molecule has 0 bridgehead atoms. The third-order valence-electron chi connectivity index (χ3n) is 3.02. The van der Waals surface area contributed by atoms with Crippen LogP contribution < -0.4 is 11.1 Å². The largest absolute Gasteiger partial charge is 0.399 e. The highest BCUT2D eigenvalue weighted by Crippen LogP contribution is 2.11. The Morgan fingerprint density at radius 2 is 2.20 bits per heavy atom. The van der Waals surface area contributed by atoms with E-state index < -0.39 is 0 Å². The lowest BCUT2D eigenvalue weighted by atomic mass is 10.2. The van der Waals surface area contributed by atoms with Gasteiger partial charge in [-0.2, -0.15) is 5.10 Å². The van der Waals surface area contributed by atoms with Gasteiger partial charge < -0.3 is 11.1 Å². The predicted octanol–water partition coefficient (Wildman–Crippen LogP) is 2.37. The number of hydrogen-bond acceptors (Lipinski definition) is 3. The van der Waals surface area contributed by atoms with Gasteiger partial charge in [0.25, 0.3) is 5.91 Å². The van der Waals surface area contributed by atoms with E-state index in [0.717, 1.165) is 24.9 Å². The molecular formula is C15H20N4O. The Hall–Kier alpha value is -2.30. The fraction of sp³-hybridized carbons (Fsp3) is 0.333. The summed E-state index contributed by atoms with van der Waals surface area (Å²) < 4.78 is 1.65. The molecule has 0 saturated carbocycles. The van der Waals surface area contributed by atoms with E-state index in [1.165, 1.54) is 0 Å². The number of rotatable bonds is 6. The maximum absolute atomic E-state index is 11.9. The topological polar surface area (TPSA) is 72.9 Å². The molecule has 0 fully saturated rings. The molecule has 2 rings (SSSR count). The van der Waals surface area contributed by atoms with Gasteiger partial charge in [0.2, 0.25) is 0 Å². The minimum Gasteiger partial charge on any atom is -0.399 e. The first-order valence-corrected chi connectivity index (χ1v) is 6.90. The SMILES string of the molecule is CCCCCNC(=O)c1ccn(-c2cccc(N)c2)n1. The van der Waals surface area contributed by atoms with Gasteiger partial charge in [-0.1, -0.05) is 25.8 Å². The molecule has 1 amide bonds. The zero-order chi connectivity index (χ0) is 14.4. The Balaban J connectivity index is 2.00. The van der Waals surface area contributed by atoms with Crippen LogP contribution in [0.5, 0.6) is 0 Å². The fourth-order valence-electron chi connectivity index (χ4n) is 1.92. The molecule has 3 N–H and O–H groups in total. The molecule has 106 valence electrons. The standard InChI is InChI=1S/C15H20N4O/c1-2-3-4-9-17-15(20)14-8-10-19(18-14)13-7-5-6-12(16)11-13/h5-8,10-11H,2-4,9,16H2,1H3,(H,17,20). The predicted molar refractivity (Wildman–Crippen MR) is 79.8 cm³/mol. The molecule has 0 saturated heterocycles. The molecule has 0 spiro atoms. The maximum Gasteiger partial charge on any atom is 0.271 e. The number of nitrogen functional groups attached to an aromatic ring is 1. The van der Waals surface area contributed by atoms with Gasteiger partial charge in [-0.15, -0.1) is 0 Å². The first-order valence-electron chi connectivity index (χ1n) is 6.90. The lowest BCUT2D eigenvalue weighted by Crippen LogP contribution is -2.25. The average molecular weight is 272 g/mol. The van der Waals surface area contributed by atoms with Crippen molar-refractivity contribution >= 4 is 11.6 Å². The van der Waals surface area contributed by atoms with Crippen molar-refractivity contribution in [3.63, 3.8) is 0 Å². The molecule has 0 radical (unpaired) electrons. The van der Waals surface area contributed by atoms with E-state index in [1.807, 2.05) is 24.3 Å². The van der Waals surface area contributed by atoms with Crippen LogP contribution in [0.2, 0.25) is 0 Å². The average Bonchev–Trinajstić information content (AvgIpc) is 2.93. The number of hydrogen-bond donors (Lipinski definition) is 2. The molecule has 0 aliphatic carbocycles. The number of carbonyl (C=O) groups excluding carboxylic acids is 1. The lowest BCUT2D eigenvalue weighted by Gasteiger charge is -2.03. The minimum atomic E-state index is -0.135. The summed E-state index contributed by atoms with van der Waals surface area (Å²) in [4.78, 5) is 11.9. The van der Waals surface area contributed by atoms with Crippen LogP contribution in [0.1, 0.15) is 36.7 Å². The zero-order valence-corrected chi connectivity index (χ0v) is 11.7. The lowest BCUT2D eigenvalue weighted by molar-refractivity contribution is 0.0947. The van der Waals surface area contributed by atoms with Crippen LogP contribution in [0.3, 0.4) is 0 Å². The number of anilines is 1. The summed E-state index contributed by atoms with van der Waals surface area (Å²) >= 11 is 0. The van der Waals surface area contributed by atoms with Crippen LogP contribution in [-0.4, -0.2) is 22.2 Å². The monoisotopic (exact) mass is 272 g/mol. The van der Waals surface area contributed by atoms with Gasteiger partial charge in [0.15, 0.2) is 5.69 Å². The summed E-state index contributed by atoms with van der Waals surface area (Å²) in [5, 5.41) is 7.14. The number of aromatic nitrogens is 2. The van der Waals surface area contributed by atoms with E-state index in [0.29, 0.717) is 17.9 Å². The summed E-state index contributed by atoms with van der Waals surface area (Å²) in [7, 11) is 0. The smallest absolute Gasteiger partial charge is 0.271 e. The van der Waals surface area contributed by atoms with E-state index in [-0.39, 0.29) is 5.91 Å². The van der Waals surface area contributed by atoms with Gasteiger partial charge in [-0.05, 0) is 30.7 Å². The van der Waals surface area contributed by atoms with E-state index in [2.05, 4.69) is 17.3 Å². The Labute approximate surface area is 118 Å². The van der Waals surface area contributed by atoms with Gasteiger partial charge in [0, 0.05) is 18.4 Å². The van der Waals surface area contributed by atoms with Crippen molar-refractivity contribution in [1.29, 1.82) is 0 Å². The van der Waals surface area contributed by atoms with Gasteiger partial charge in [-0.25, -0.2) is 4.68 Å². The minimum absolute atomic E-state index is 0.135. The van der Waals surface area contributed by atoms with E-state index in [9.17, 15) is 4.79 Å². The Bertz CT molecular complexity index is 577. The first kappa shape index (κ1) is 14.1. The third-order valence-corrected chi connectivity index (χ3v) is 3.02. The molecule has 1 aromatic carbocycles. The second-order valence-corrected chi connectivity index (χ2v) is 4.70. The molecule has 5 nitrogen and oxygen atoms in total. The molecule has 1 heterocycles. The third kappa shape index (κ3) is 3.60. The second-order valence-electron chi connectivity index (χ2n) is 4.70. The van der Waals surface area contributed by atoms with Crippen LogP contribution >= 0.6 is 0 Å². The van der Waals surface area contributed by atoms with Crippen molar-refractivity contribution < 1.29 is 4.79 Å². The number of unbranched alkanes of at least 4 members (excludes halogenated alkanes) is 2. The first-order chi connectivity index (χ1) is 9.70. The van der Waals surface area contributed by atoms with E-state index in [1.54, 1.807) is 16.9 Å². The van der Waals surface area contributed by atoms with E-state index >= 15 is 0 Å². The number of amides is 1. The maximum atomic E-state index is 11.9. The Kier molecular flexibility index (Phi) is 4.76. The van der Waals surface area contributed by atoms with Crippen LogP contribution in [0.4, 0.5) is 5.69 Å². The highest BCUT2D eigenvalue weighted by Gasteiger charge is 2.09. The highest BCUT2D eigenvalue weighted by atomic mass is 16.1. The van der Waals surface area contributed by atoms with Crippen LogP contribution in [0.15, 0.2) is 36.5 Å². The molecule has 20 heavy (non-hydrogen) atoms. The number of nitrogens with zero attached hydrogens (tertiary/aromatic N) is 2.